The zero-order valence-corrected chi connectivity index (χ0v) is 12.7. The Hall–Kier alpha value is -2.30. The lowest BCUT2D eigenvalue weighted by molar-refractivity contribution is -0.118. The molecule has 1 heterocycles. The predicted octanol–water partition coefficient (Wildman–Crippen LogP) is 3.04. The van der Waals surface area contributed by atoms with Crippen LogP contribution < -0.4 is 10.1 Å². The molecule has 1 amide bonds. The Labute approximate surface area is 124 Å². The van der Waals surface area contributed by atoms with Crippen molar-refractivity contribution >= 4 is 11.7 Å². The Morgan fingerprint density at radius 2 is 2.00 bits per heavy atom. The predicted molar refractivity (Wildman–Crippen MR) is 82.6 cm³/mol. The molecule has 0 unspecified atom stereocenters. The van der Waals surface area contributed by atoms with Gasteiger partial charge in [0.2, 0.25) is 0 Å². The normalized spacial score (nSPS) is 10.7. The first-order valence-electron chi connectivity index (χ1n) is 7.15. The molecule has 0 aliphatic rings. The van der Waals surface area contributed by atoms with Gasteiger partial charge in [0.15, 0.2) is 6.61 Å². The number of carbonyl (C=O) groups excluding carboxylic acids is 1. The molecule has 0 radical (unpaired) electrons. The second-order valence-corrected chi connectivity index (χ2v) is 5.09. The molecule has 0 saturated carbocycles. The van der Waals surface area contributed by atoms with Crippen molar-refractivity contribution in [1.29, 1.82) is 0 Å². The van der Waals surface area contributed by atoms with E-state index in [1.165, 1.54) is 5.56 Å². The molecule has 1 aromatic carbocycles. The second kappa shape index (κ2) is 6.92. The molecule has 0 bridgehead atoms. The summed E-state index contributed by atoms with van der Waals surface area (Å²) in [6.07, 6.45) is 2.65. The van der Waals surface area contributed by atoms with Crippen LogP contribution in [0.4, 0.5) is 5.82 Å². The summed E-state index contributed by atoms with van der Waals surface area (Å²) in [6.45, 7) is 6.10. The van der Waals surface area contributed by atoms with Crippen LogP contribution in [0.2, 0.25) is 0 Å². The highest BCUT2D eigenvalue weighted by Crippen LogP contribution is 2.14. The number of aromatic nitrogens is 2. The number of ether oxygens (including phenoxy) is 1. The lowest BCUT2D eigenvalue weighted by Gasteiger charge is -2.12. The van der Waals surface area contributed by atoms with E-state index >= 15 is 0 Å². The molecule has 0 saturated heterocycles. The first-order valence-corrected chi connectivity index (χ1v) is 7.15. The third-order valence-electron chi connectivity index (χ3n) is 3.13. The van der Waals surface area contributed by atoms with E-state index in [0.717, 1.165) is 6.42 Å². The topological polar surface area (TPSA) is 56.1 Å². The van der Waals surface area contributed by atoms with Crippen molar-refractivity contribution in [2.45, 2.75) is 33.2 Å². The number of aryl methyl sites for hydroxylation is 1. The Morgan fingerprint density at radius 1 is 1.29 bits per heavy atom. The van der Waals surface area contributed by atoms with E-state index in [1.54, 1.807) is 16.9 Å². The number of hydrogen-bond donors (Lipinski definition) is 1. The van der Waals surface area contributed by atoms with E-state index in [-0.39, 0.29) is 18.6 Å². The molecule has 1 N–H and O–H groups in total. The maximum Gasteiger partial charge on any atom is 0.263 e. The second-order valence-electron chi connectivity index (χ2n) is 5.09. The number of nitrogens with one attached hydrogen (secondary N) is 1. The summed E-state index contributed by atoms with van der Waals surface area (Å²) in [5, 5.41) is 6.97. The fourth-order valence-electron chi connectivity index (χ4n) is 1.97. The summed E-state index contributed by atoms with van der Waals surface area (Å²) < 4.78 is 7.23. The minimum absolute atomic E-state index is 0.0191. The highest BCUT2D eigenvalue weighted by Gasteiger charge is 2.09. The van der Waals surface area contributed by atoms with Crippen LogP contribution >= 0.6 is 0 Å². The Balaban J connectivity index is 1.88. The minimum Gasteiger partial charge on any atom is -0.484 e. The molecular formula is C16H21N3O2. The molecule has 5 nitrogen and oxygen atoms in total. The van der Waals surface area contributed by atoms with Gasteiger partial charge < -0.3 is 10.1 Å². The largest absolute Gasteiger partial charge is 0.484 e. The molecule has 0 fully saturated rings. The van der Waals surface area contributed by atoms with Crippen molar-refractivity contribution in [2.75, 3.05) is 11.9 Å². The van der Waals surface area contributed by atoms with Gasteiger partial charge in [-0.3, -0.25) is 4.79 Å². The van der Waals surface area contributed by atoms with Crippen molar-refractivity contribution in [2.24, 2.45) is 0 Å². The van der Waals surface area contributed by atoms with Gasteiger partial charge in [0.05, 0.1) is 6.20 Å². The van der Waals surface area contributed by atoms with Crippen LogP contribution in [0.15, 0.2) is 36.5 Å². The van der Waals surface area contributed by atoms with Gasteiger partial charge in [-0.15, -0.1) is 0 Å². The molecule has 0 spiro atoms. The summed E-state index contributed by atoms with van der Waals surface area (Å²) in [7, 11) is 0. The number of carbonyl (C=O) groups is 1. The highest BCUT2D eigenvalue weighted by molar-refractivity contribution is 5.91. The number of anilines is 1. The van der Waals surface area contributed by atoms with Crippen LogP contribution in [-0.2, 0) is 11.2 Å². The fourth-order valence-corrected chi connectivity index (χ4v) is 1.97. The van der Waals surface area contributed by atoms with Gasteiger partial charge in [-0.1, -0.05) is 19.1 Å². The summed E-state index contributed by atoms with van der Waals surface area (Å²) >= 11 is 0. The molecule has 0 atom stereocenters. The Bertz CT molecular complexity index is 588. The number of nitrogens with zero attached hydrogens (tertiary/aromatic N) is 2. The van der Waals surface area contributed by atoms with Gasteiger partial charge >= 0.3 is 0 Å². The third-order valence-corrected chi connectivity index (χ3v) is 3.13. The van der Waals surface area contributed by atoms with Crippen LogP contribution in [0.3, 0.4) is 0 Å². The van der Waals surface area contributed by atoms with Crippen LogP contribution in [0, 0.1) is 0 Å². The van der Waals surface area contributed by atoms with Gasteiger partial charge in [-0.2, -0.15) is 5.10 Å². The third kappa shape index (κ3) is 4.08. The molecule has 2 rings (SSSR count). The van der Waals surface area contributed by atoms with Gasteiger partial charge in [0, 0.05) is 12.1 Å². The first-order chi connectivity index (χ1) is 10.1. The van der Waals surface area contributed by atoms with E-state index in [1.807, 2.05) is 38.1 Å². The van der Waals surface area contributed by atoms with Gasteiger partial charge in [0.1, 0.15) is 11.6 Å². The van der Waals surface area contributed by atoms with Gasteiger partial charge in [-0.25, -0.2) is 4.68 Å². The smallest absolute Gasteiger partial charge is 0.263 e. The molecule has 0 aliphatic heterocycles. The maximum absolute atomic E-state index is 11.9. The standard InChI is InChI=1S/C16H21N3O2/c1-4-13-5-7-14(8-6-13)21-11-16(20)18-15-9-10-17-19(15)12(2)3/h5-10,12H,4,11H2,1-3H3,(H,18,20). The maximum atomic E-state index is 11.9. The van der Waals surface area contributed by atoms with Crippen molar-refractivity contribution in [3.63, 3.8) is 0 Å². The van der Waals surface area contributed by atoms with Crippen molar-refractivity contribution in [3.8, 4) is 5.75 Å². The Morgan fingerprint density at radius 3 is 2.62 bits per heavy atom. The molecule has 2 aromatic rings. The van der Waals surface area contributed by atoms with Crippen LogP contribution in [0.1, 0.15) is 32.4 Å². The quantitative estimate of drug-likeness (QED) is 0.888. The van der Waals surface area contributed by atoms with E-state index in [0.29, 0.717) is 11.6 Å². The summed E-state index contributed by atoms with van der Waals surface area (Å²) in [4.78, 5) is 11.9. The zero-order valence-electron chi connectivity index (χ0n) is 12.7. The van der Waals surface area contributed by atoms with Crippen LogP contribution in [-0.4, -0.2) is 22.3 Å². The van der Waals surface area contributed by atoms with E-state index < -0.39 is 0 Å². The number of benzene rings is 1. The highest BCUT2D eigenvalue weighted by atomic mass is 16.5. The zero-order chi connectivity index (χ0) is 15.2. The number of hydrogen-bond acceptors (Lipinski definition) is 3. The first kappa shape index (κ1) is 15.1. The van der Waals surface area contributed by atoms with Crippen molar-refractivity contribution in [1.82, 2.24) is 9.78 Å². The SMILES string of the molecule is CCc1ccc(OCC(=O)Nc2ccnn2C(C)C)cc1. The average Bonchev–Trinajstić information content (AvgIpc) is 2.94. The van der Waals surface area contributed by atoms with E-state index in [2.05, 4.69) is 17.3 Å². The van der Waals surface area contributed by atoms with Crippen molar-refractivity contribution < 1.29 is 9.53 Å². The van der Waals surface area contributed by atoms with E-state index in [4.69, 9.17) is 4.74 Å². The minimum atomic E-state index is -0.197. The molecule has 5 heteroatoms. The van der Waals surface area contributed by atoms with E-state index in [9.17, 15) is 4.79 Å². The number of amides is 1. The summed E-state index contributed by atoms with van der Waals surface area (Å²) in [5.74, 6) is 1.18. The lowest BCUT2D eigenvalue weighted by Crippen LogP contribution is -2.22. The average molecular weight is 287 g/mol. The van der Waals surface area contributed by atoms with Crippen LogP contribution in [0.5, 0.6) is 5.75 Å². The van der Waals surface area contributed by atoms with Crippen molar-refractivity contribution in [3.05, 3.63) is 42.1 Å². The molecule has 1 aromatic heterocycles. The fraction of sp³-hybridized carbons (Fsp3) is 0.375. The molecule has 21 heavy (non-hydrogen) atoms. The summed E-state index contributed by atoms with van der Waals surface area (Å²) in [6, 6.07) is 9.73. The molecule has 112 valence electrons. The summed E-state index contributed by atoms with van der Waals surface area (Å²) in [5.41, 5.74) is 1.24. The number of rotatable bonds is 6. The van der Waals surface area contributed by atoms with Crippen LogP contribution in [0.25, 0.3) is 0 Å². The van der Waals surface area contributed by atoms with Gasteiger partial charge in [0.25, 0.3) is 5.91 Å². The van der Waals surface area contributed by atoms with Gasteiger partial charge in [-0.05, 0) is 38.0 Å². The molecule has 0 aliphatic carbocycles. The lowest BCUT2D eigenvalue weighted by atomic mass is 10.2. The molecular weight excluding hydrogens is 266 g/mol. The monoisotopic (exact) mass is 287 g/mol. The Kier molecular flexibility index (Phi) is 4.98.